The Bertz CT molecular complexity index is 242. The lowest BCUT2D eigenvalue weighted by atomic mass is 9.92. The number of esters is 1. The molecule has 0 spiro atoms. The van der Waals surface area contributed by atoms with Gasteiger partial charge in [0, 0.05) is 0 Å². The number of aliphatic hydroxyl groups excluding tert-OH is 1. The van der Waals surface area contributed by atoms with Crippen molar-refractivity contribution in [3.8, 4) is 0 Å². The number of amides is 1. The van der Waals surface area contributed by atoms with Gasteiger partial charge < -0.3 is 15.2 Å². The molecule has 0 bridgehead atoms. The Labute approximate surface area is 88.8 Å². The van der Waals surface area contributed by atoms with Crippen LogP contribution in [-0.4, -0.2) is 35.7 Å². The predicted molar refractivity (Wildman–Crippen MR) is 53.0 cm³/mol. The molecule has 2 atom stereocenters. The first kappa shape index (κ1) is 12.0. The van der Waals surface area contributed by atoms with Crippen molar-refractivity contribution in [3.63, 3.8) is 0 Å². The Kier molecular flexibility index (Phi) is 4.55. The molecule has 5 nitrogen and oxygen atoms in total. The summed E-state index contributed by atoms with van der Waals surface area (Å²) in [4.78, 5) is 22.3. The minimum absolute atomic E-state index is 0.180. The minimum atomic E-state index is -0.879. The van der Waals surface area contributed by atoms with Crippen LogP contribution < -0.4 is 5.32 Å². The third-order valence-corrected chi connectivity index (χ3v) is 2.51. The predicted octanol–water partition coefficient (Wildman–Crippen LogP) is -0.0308. The van der Waals surface area contributed by atoms with E-state index in [2.05, 4.69) is 10.1 Å². The van der Waals surface area contributed by atoms with Crippen molar-refractivity contribution in [2.24, 2.45) is 0 Å². The molecule has 1 rings (SSSR count). The first-order valence-electron chi connectivity index (χ1n) is 5.30. The number of aliphatic hydroxyl groups is 1. The summed E-state index contributed by atoms with van der Waals surface area (Å²) in [5.74, 6) is -1.64. The number of ether oxygens (including phenoxy) is 1. The Morgan fingerprint density at radius 2 is 2.07 bits per heavy atom. The van der Waals surface area contributed by atoms with Gasteiger partial charge in [-0.2, -0.15) is 0 Å². The van der Waals surface area contributed by atoms with Gasteiger partial charge in [0.2, 0.25) is 0 Å². The summed E-state index contributed by atoms with van der Waals surface area (Å²) in [6, 6.07) is -0.310. The molecule has 2 N–H and O–H groups in total. The van der Waals surface area contributed by atoms with Crippen LogP contribution in [0.3, 0.4) is 0 Å². The van der Waals surface area contributed by atoms with Gasteiger partial charge in [0.15, 0.2) is 0 Å². The molecule has 0 aromatic heterocycles. The van der Waals surface area contributed by atoms with Gasteiger partial charge in [-0.15, -0.1) is 0 Å². The van der Waals surface area contributed by atoms with Crippen LogP contribution in [0.15, 0.2) is 0 Å². The normalized spacial score (nSPS) is 25.7. The average Bonchev–Trinajstić information content (AvgIpc) is 2.21. The fourth-order valence-electron chi connectivity index (χ4n) is 1.70. The van der Waals surface area contributed by atoms with Crippen molar-refractivity contribution in [1.82, 2.24) is 5.32 Å². The lowest BCUT2D eigenvalue weighted by Gasteiger charge is -2.27. The smallest absolute Gasteiger partial charge is 0.396 e. The molecule has 1 aliphatic carbocycles. The second-order valence-corrected chi connectivity index (χ2v) is 3.65. The summed E-state index contributed by atoms with van der Waals surface area (Å²) in [7, 11) is 0. The number of hydrogen-bond acceptors (Lipinski definition) is 4. The highest BCUT2D eigenvalue weighted by Crippen LogP contribution is 2.18. The molecule has 0 radical (unpaired) electrons. The molecule has 0 aliphatic heterocycles. The lowest BCUT2D eigenvalue weighted by molar-refractivity contribution is -0.155. The number of nitrogens with one attached hydrogen (secondary N) is 1. The van der Waals surface area contributed by atoms with Gasteiger partial charge in [-0.25, -0.2) is 4.79 Å². The van der Waals surface area contributed by atoms with E-state index in [1.54, 1.807) is 6.92 Å². The van der Waals surface area contributed by atoms with Gasteiger partial charge in [-0.05, 0) is 19.8 Å². The fourth-order valence-corrected chi connectivity index (χ4v) is 1.70. The summed E-state index contributed by atoms with van der Waals surface area (Å²) in [5, 5.41) is 12.1. The second kappa shape index (κ2) is 5.70. The molecular weight excluding hydrogens is 198 g/mol. The summed E-state index contributed by atoms with van der Waals surface area (Å²) >= 11 is 0. The van der Waals surface area contributed by atoms with Crippen LogP contribution >= 0.6 is 0 Å². The molecule has 86 valence electrons. The molecule has 5 heteroatoms. The molecule has 0 heterocycles. The Morgan fingerprint density at radius 3 is 2.67 bits per heavy atom. The van der Waals surface area contributed by atoms with E-state index in [-0.39, 0.29) is 12.6 Å². The molecule has 1 amide bonds. The highest BCUT2D eigenvalue weighted by atomic mass is 16.5. The molecule has 15 heavy (non-hydrogen) atoms. The standard InChI is InChI=1S/C10H17NO4/c1-2-15-10(14)9(13)11-7-5-3-4-6-8(7)12/h7-8,12H,2-6H2,1H3,(H,11,13). The monoisotopic (exact) mass is 215 g/mol. The van der Waals surface area contributed by atoms with Crippen molar-refractivity contribution < 1.29 is 19.4 Å². The molecule has 1 aliphatic rings. The van der Waals surface area contributed by atoms with E-state index in [0.29, 0.717) is 12.8 Å². The second-order valence-electron chi connectivity index (χ2n) is 3.65. The quantitative estimate of drug-likeness (QED) is 0.501. The van der Waals surface area contributed by atoms with Gasteiger partial charge in [-0.3, -0.25) is 4.79 Å². The van der Waals surface area contributed by atoms with Gasteiger partial charge >= 0.3 is 11.9 Å². The summed E-state index contributed by atoms with van der Waals surface area (Å²) in [5.41, 5.74) is 0. The van der Waals surface area contributed by atoms with Crippen LogP contribution in [0.4, 0.5) is 0 Å². The van der Waals surface area contributed by atoms with Gasteiger partial charge in [-0.1, -0.05) is 12.8 Å². The van der Waals surface area contributed by atoms with E-state index in [1.807, 2.05) is 0 Å². The molecule has 2 unspecified atom stereocenters. The largest absolute Gasteiger partial charge is 0.459 e. The first-order chi connectivity index (χ1) is 7.15. The molecule has 1 fully saturated rings. The molecule has 0 aromatic carbocycles. The number of carbonyl (C=O) groups excluding carboxylic acids is 2. The van der Waals surface area contributed by atoms with Crippen LogP contribution in [-0.2, 0) is 14.3 Å². The zero-order valence-electron chi connectivity index (χ0n) is 8.86. The maximum Gasteiger partial charge on any atom is 0.396 e. The van der Waals surface area contributed by atoms with Crippen molar-refractivity contribution in [3.05, 3.63) is 0 Å². The molecule has 1 saturated carbocycles. The van der Waals surface area contributed by atoms with Crippen molar-refractivity contribution in [1.29, 1.82) is 0 Å². The Balaban J connectivity index is 2.39. The number of carbonyl (C=O) groups is 2. The lowest BCUT2D eigenvalue weighted by Crippen LogP contribution is -2.47. The summed E-state index contributed by atoms with van der Waals surface area (Å²) in [6.45, 7) is 1.82. The zero-order valence-corrected chi connectivity index (χ0v) is 8.86. The molecule has 0 aromatic rings. The third-order valence-electron chi connectivity index (χ3n) is 2.51. The van der Waals surface area contributed by atoms with E-state index in [9.17, 15) is 14.7 Å². The molecule has 0 saturated heterocycles. The maximum atomic E-state index is 11.2. The van der Waals surface area contributed by atoms with E-state index in [0.717, 1.165) is 12.8 Å². The van der Waals surface area contributed by atoms with Crippen LogP contribution in [0.1, 0.15) is 32.6 Å². The fraction of sp³-hybridized carbons (Fsp3) is 0.800. The van der Waals surface area contributed by atoms with Crippen LogP contribution in [0.25, 0.3) is 0 Å². The average molecular weight is 215 g/mol. The SMILES string of the molecule is CCOC(=O)C(=O)NC1CCCCC1O. The first-order valence-corrected chi connectivity index (χ1v) is 5.30. The highest BCUT2D eigenvalue weighted by molar-refractivity contribution is 6.32. The van der Waals surface area contributed by atoms with Gasteiger partial charge in [0.05, 0.1) is 18.8 Å². The Hall–Kier alpha value is -1.10. The van der Waals surface area contributed by atoms with Crippen molar-refractivity contribution >= 4 is 11.9 Å². The van der Waals surface area contributed by atoms with E-state index >= 15 is 0 Å². The zero-order chi connectivity index (χ0) is 11.3. The van der Waals surface area contributed by atoms with Gasteiger partial charge in [0.25, 0.3) is 0 Å². The summed E-state index contributed by atoms with van der Waals surface area (Å²) in [6.07, 6.45) is 2.77. The number of rotatable bonds is 2. The highest BCUT2D eigenvalue weighted by Gasteiger charge is 2.27. The van der Waals surface area contributed by atoms with Crippen molar-refractivity contribution in [2.45, 2.75) is 44.8 Å². The van der Waals surface area contributed by atoms with Gasteiger partial charge in [0.1, 0.15) is 0 Å². The van der Waals surface area contributed by atoms with Crippen LogP contribution in [0, 0.1) is 0 Å². The van der Waals surface area contributed by atoms with Crippen LogP contribution in [0.2, 0.25) is 0 Å². The number of hydrogen-bond donors (Lipinski definition) is 2. The van der Waals surface area contributed by atoms with Crippen molar-refractivity contribution in [2.75, 3.05) is 6.61 Å². The van der Waals surface area contributed by atoms with Crippen LogP contribution in [0.5, 0.6) is 0 Å². The third kappa shape index (κ3) is 3.51. The topological polar surface area (TPSA) is 75.6 Å². The Morgan fingerprint density at radius 1 is 1.40 bits per heavy atom. The van der Waals surface area contributed by atoms with E-state index in [4.69, 9.17) is 0 Å². The summed E-state index contributed by atoms with van der Waals surface area (Å²) < 4.78 is 4.55. The minimum Gasteiger partial charge on any atom is -0.459 e. The van der Waals surface area contributed by atoms with E-state index < -0.39 is 18.0 Å². The molecular formula is C10H17NO4. The maximum absolute atomic E-state index is 11.2. The van der Waals surface area contributed by atoms with E-state index in [1.165, 1.54) is 0 Å².